The van der Waals surface area contributed by atoms with Gasteiger partial charge in [0.25, 0.3) is 0 Å². The molecule has 0 unspecified atom stereocenters. The maximum atomic E-state index is 14.4. The van der Waals surface area contributed by atoms with Gasteiger partial charge in [-0.2, -0.15) is 4.31 Å². The molecule has 0 saturated carbocycles. The summed E-state index contributed by atoms with van der Waals surface area (Å²) in [7, 11) is -4.26. The van der Waals surface area contributed by atoms with Gasteiger partial charge in [0.15, 0.2) is 17.8 Å². The number of rotatable bonds is 16. The number of carbonyl (C=O) groups excluding carboxylic acids is 1. The molecular weight excluding hydrogens is 646 g/mol. The lowest BCUT2D eigenvalue weighted by Gasteiger charge is -2.40. The van der Waals surface area contributed by atoms with Gasteiger partial charge in [0.05, 0.1) is 36.3 Å². The van der Waals surface area contributed by atoms with E-state index >= 15 is 0 Å². The summed E-state index contributed by atoms with van der Waals surface area (Å²) in [5.74, 6) is -0.0216. The lowest BCUT2D eigenvalue weighted by atomic mass is 9.87. The number of aliphatic hydroxyl groups excluding tert-OH is 2. The number of aliphatic hydroxyl groups is 2. The van der Waals surface area contributed by atoms with E-state index in [2.05, 4.69) is 5.32 Å². The van der Waals surface area contributed by atoms with Crippen LogP contribution in [0.1, 0.15) is 38.7 Å². The first-order valence-corrected chi connectivity index (χ1v) is 17.6. The molecule has 264 valence electrons. The third-order valence-electron chi connectivity index (χ3n) is 9.15. The zero-order chi connectivity index (χ0) is 34.5. The van der Waals surface area contributed by atoms with Crippen LogP contribution in [0.5, 0.6) is 11.5 Å². The number of fused-ring (bicyclic) bond motifs is 2. The highest BCUT2D eigenvalue weighted by atomic mass is 32.2. The second-order valence-corrected chi connectivity index (χ2v) is 15.1. The zero-order valence-electron chi connectivity index (χ0n) is 27.2. The van der Waals surface area contributed by atoms with Crippen LogP contribution in [0.15, 0.2) is 53.4 Å². The minimum absolute atomic E-state index is 0.0228. The molecule has 5 rings (SSSR count). The van der Waals surface area contributed by atoms with E-state index in [4.69, 9.17) is 24.1 Å². The van der Waals surface area contributed by atoms with E-state index in [0.717, 1.165) is 5.56 Å². The maximum Gasteiger partial charge on any atom is 0.407 e. The van der Waals surface area contributed by atoms with Crippen LogP contribution in [-0.4, -0.2) is 116 Å². The summed E-state index contributed by atoms with van der Waals surface area (Å²) < 4.78 is 52.2. The molecule has 5 atom stereocenters. The first kappa shape index (κ1) is 35.8. The molecule has 3 heterocycles. The maximum absolute atomic E-state index is 14.4. The Bertz CT molecular complexity index is 1520. The number of nitrogens with one attached hydrogen (secondary N) is 1. The normalized spacial score (nSPS) is 21.6. The highest BCUT2D eigenvalue weighted by Crippen LogP contribution is 2.38. The Labute approximate surface area is 280 Å². The van der Waals surface area contributed by atoms with Crippen molar-refractivity contribution < 1.29 is 52.3 Å². The van der Waals surface area contributed by atoms with Crippen LogP contribution in [0.4, 0.5) is 4.79 Å². The SMILES string of the molecule is CC(C)(CCCNC(=O)CO)CN(C[C@@H](O)[C@H](Cc1ccccc1)N(C(=O)O)[C@H]1CO[C@H]2OCC[C@H]21)S(=O)(=O)c1ccc2c(c1)OCO2. The van der Waals surface area contributed by atoms with Gasteiger partial charge in [0, 0.05) is 31.6 Å². The molecule has 0 aromatic heterocycles. The van der Waals surface area contributed by atoms with Gasteiger partial charge in [0.2, 0.25) is 22.7 Å². The predicted molar refractivity (Wildman–Crippen MR) is 172 cm³/mol. The monoisotopic (exact) mass is 691 g/mol. The summed E-state index contributed by atoms with van der Waals surface area (Å²) in [4.78, 5) is 25.7. The molecule has 2 aromatic rings. The van der Waals surface area contributed by atoms with Crippen LogP contribution < -0.4 is 14.8 Å². The fourth-order valence-electron chi connectivity index (χ4n) is 6.71. The number of hydrogen-bond acceptors (Lipinski definition) is 10. The Hall–Kier alpha value is -3.47. The second-order valence-electron chi connectivity index (χ2n) is 13.2. The summed E-state index contributed by atoms with van der Waals surface area (Å²) in [6.45, 7) is 3.51. The quantitative estimate of drug-likeness (QED) is 0.189. The van der Waals surface area contributed by atoms with E-state index in [-0.39, 0.29) is 42.9 Å². The summed E-state index contributed by atoms with van der Waals surface area (Å²) in [6, 6.07) is 11.9. The summed E-state index contributed by atoms with van der Waals surface area (Å²) in [5.41, 5.74) is 0.142. The molecule has 15 heteroatoms. The summed E-state index contributed by atoms with van der Waals surface area (Å²) in [5, 5.41) is 34.2. The standard InChI is InChI=1S/C33H45N3O11S/c1-33(2,12-6-13-34-30(39)18-37)20-35(48(42,43)23-9-10-28-29(16-23)47-21-46-28)17-27(38)25(15-22-7-4-3-5-8-22)36(32(40)41)26-19-45-31-24(26)11-14-44-31/h3-5,7-10,16,24-27,31,37-38H,6,11-15,17-21H2,1-2H3,(H,34,39)(H,40,41)/t24-,25-,26-,27+,31+/m0/s1. The van der Waals surface area contributed by atoms with Crippen molar-refractivity contribution in [2.45, 2.75) is 68.9 Å². The fourth-order valence-corrected chi connectivity index (χ4v) is 8.37. The second kappa shape index (κ2) is 15.4. The molecule has 2 amide bonds. The van der Waals surface area contributed by atoms with Crippen LogP contribution in [-0.2, 0) is 30.7 Å². The van der Waals surface area contributed by atoms with Gasteiger partial charge in [-0.1, -0.05) is 44.2 Å². The van der Waals surface area contributed by atoms with Crippen LogP contribution in [0.25, 0.3) is 0 Å². The molecule has 3 aliphatic heterocycles. The van der Waals surface area contributed by atoms with Gasteiger partial charge >= 0.3 is 6.09 Å². The van der Waals surface area contributed by atoms with E-state index in [1.54, 1.807) is 0 Å². The molecule has 0 bridgehead atoms. The number of sulfonamides is 1. The van der Waals surface area contributed by atoms with Crippen LogP contribution in [0.3, 0.4) is 0 Å². The third-order valence-corrected chi connectivity index (χ3v) is 11.0. The van der Waals surface area contributed by atoms with Gasteiger partial charge in [-0.15, -0.1) is 0 Å². The molecule has 0 spiro atoms. The number of amides is 2. The van der Waals surface area contributed by atoms with Gasteiger partial charge < -0.3 is 39.6 Å². The molecular formula is C33H45N3O11S. The molecule has 48 heavy (non-hydrogen) atoms. The number of benzene rings is 2. The molecule has 14 nitrogen and oxygen atoms in total. The smallest absolute Gasteiger partial charge is 0.407 e. The van der Waals surface area contributed by atoms with E-state index in [9.17, 15) is 28.2 Å². The van der Waals surface area contributed by atoms with Crippen LogP contribution in [0, 0.1) is 11.3 Å². The van der Waals surface area contributed by atoms with Crippen LogP contribution >= 0.6 is 0 Å². The van der Waals surface area contributed by atoms with Crippen molar-refractivity contribution in [3.63, 3.8) is 0 Å². The van der Waals surface area contributed by atoms with E-state index < -0.39 is 65.1 Å². The molecule has 2 saturated heterocycles. The average molecular weight is 692 g/mol. The number of ether oxygens (including phenoxy) is 4. The first-order valence-electron chi connectivity index (χ1n) is 16.1. The van der Waals surface area contributed by atoms with Gasteiger partial charge in [0.1, 0.15) is 6.61 Å². The predicted octanol–water partition coefficient (Wildman–Crippen LogP) is 2.03. The molecule has 3 aliphatic rings. The van der Waals surface area contributed by atoms with Crippen molar-refractivity contribution in [2.24, 2.45) is 11.3 Å². The van der Waals surface area contributed by atoms with Crippen molar-refractivity contribution in [2.75, 3.05) is 46.2 Å². The topological polar surface area (TPSA) is 184 Å². The van der Waals surface area contributed by atoms with Crippen molar-refractivity contribution in [1.82, 2.24) is 14.5 Å². The lowest BCUT2D eigenvalue weighted by molar-refractivity contribution is -0.123. The highest BCUT2D eigenvalue weighted by molar-refractivity contribution is 7.89. The van der Waals surface area contributed by atoms with Gasteiger partial charge in [-0.3, -0.25) is 9.69 Å². The van der Waals surface area contributed by atoms with E-state index in [0.29, 0.717) is 38.2 Å². The number of nitrogens with zero attached hydrogens (tertiary/aromatic N) is 2. The van der Waals surface area contributed by atoms with Crippen molar-refractivity contribution >= 4 is 22.0 Å². The number of carboxylic acid groups (broad SMARTS) is 1. The third kappa shape index (κ3) is 8.39. The lowest BCUT2D eigenvalue weighted by Crippen LogP contribution is -2.58. The Morgan fingerprint density at radius 3 is 2.56 bits per heavy atom. The number of carbonyl (C=O) groups is 2. The molecule has 4 N–H and O–H groups in total. The van der Waals surface area contributed by atoms with E-state index in [1.807, 2.05) is 44.2 Å². The van der Waals surface area contributed by atoms with Crippen LogP contribution in [0.2, 0.25) is 0 Å². The zero-order valence-corrected chi connectivity index (χ0v) is 28.0. The average Bonchev–Trinajstić information content (AvgIpc) is 3.81. The van der Waals surface area contributed by atoms with Gasteiger partial charge in [-0.05, 0) is 48.8 Å². The highest BCUT2D eigenvalue weighted by Gasteiger charge is 2.49. The van der Waals surface area contributed by atoms with Crippen molar-refractivity contribution in [3.05, 3.63) is 54.1 Å². The molecule has 2 aromatic carbocycles. The summed E-state index contributed by atoms with van der Waals surface area (Å²) in [6.07, 6.45) is -1.47. The van der Waals surface area contributed by atoms with Gasteiger partial charge in [-0.25, -0.2) is 13.2 Å². The molecule has 2 fully saturated rings. The Balaban J connectivity index is 1.45. The minimum Gasteiger partial charge on any atom is -0.465 e. The number of hydrogen-bond donors (Lipinski definition) is 4. The minimum atomic E-state index is -4.26. The molecule has 0 aliphatic carbocycles. The first-order chi connectivity index (χ1) is 22.9. The Kier molecular flexibility index (Phi) is 11.5. The Morgan fingerprint density at radius 2 is 1.83 bits per heavy atom. The largest absolute Gasteiger partial charge is 0.465 e. The molecule has 0 radical (unpaired) electrons. The van der Waals surface area contributed by atoms with Crippen molar-refractivity contribution in [3.8, 4) is 11.5 Å². The van der Waals surface area contributed by atoms with E-state index in [1.165, 1.54) is 27.4 Å². The fraction of sp³-hybridized carbons (Fsp3) is 0.576. The van der Waals surface area contributed by atoms with Crippen molar-refractivity contribution in [1.29, 1.82) is 0 Å². The summed E-state index contributed by atoms with van der Waals surface area (Å²) >= 11 is 0. The Morgan fingerprint density at radius 1 is 1.08 bits per heavy atom.